The quantitative estimate of drug-likeness (QED) is 0.211. The molecule has 0 aliphatic rings. The summed E-state index contributed by atoms with van der Waals surface area (Å²) in [4.78, 5) is 16.6. The highest BCUT2D eigenvalue weighted by molar-refractivity contribution is 7.99. The fourth-order valence-corrected chi connectivity index (χ4v) is 3.94. The van der Waals surface area contributed by atoms with E-state index in [1.165, 1.54) is 23.9 Å². The van der Waals surface area contributed by atoms with E-state index >= 15 is 0 Å². The van der Waals surface area contributed by atoms with Crippen LogP contribution in [0.4, 0.5) is 4.39 Å². The normalized spacial score (nSPS) is 11.3. The fraction of sp³-hybridized carbons (Fsp3) is 0.160. The second-order valence-corrected chi connectivity index (χ2v) is 8.28. The van der Waals surface area contributed by atoms with Crippen LogP contribution in [0.2, 0.25) is 0 Å². The highest BCUT2D eigenvalue weighted by Gasteiger charge is 2.17. The number of benzene rings is 2. The number of halogens is 1. The third-order valence-corrected chi connectivity index (χ3v) is 5.83. The first-order valence-corrected chi connectivity index (χ1v) is 11.8. The Balaban J connectivity index is 1.52. The van der Waals surface area contributed by atoms with Crippen molar-refractivity contribution in [1.29, 1.82) is 0 Å². The van der Waals surface area contributed by atoms with Crippen molar-refractivity contribution in [2.45, 2.75) is 19.0 Å². The average molecular weight is 491 g/mol. The summed E-state index contributed by atoms with van der Waals surface area (Å²) >= 11 is 1.24. The largest absolute Gasteiger partial charge is 0.494 e. The third kappa shape index (κ3) is 6.10. The van der Waals surface area contributed by atoms with Crippen molar-refractivity contribution in [2.75, 3.05) is 12.4 Å². The first-order valence-electron chi connectivity index (χ1n) is 10.9. The van der Waals surface area contributed by atoms with E-state index < -0.39 is 0 Å². The van der Waals surface area contributed by atoms with Crippen molar-refractivity contribution in [3.8, 4) is 22.8 Å². The molecule has 0 saturated carbocycles. The molecule has 2 heterocycles. The lowest BCUT2D eigenvalue weighted by Crippen LogP contribution is -2.21. The Morgan fingerprint density at radius 2 is 1.89 bits per heavy atom. The number of hydrazone groups is 1. The maximum Gasteiger partial charge on any atom is 0.250 e. The van der Waals surface area contributed by atoms with Gasteiger partial charge in [-0.2, -0.15) is 5.10 Å². The molecule has 4 aromatic rings. The molecular formula is C25H23FN6O2S. The van der Waals surface area contributed by atoms with Gasteiger partial charge in [0.2, 0.25) is 0 Å². The van der Waals surface area contributed by atoms with Gasteiger partial charge in [-0.3, -0.25) is 14.3 Å². The lowest BCUT2D eigenvalue weighted by Gasteiger charge is -2.11. The van der Waals surface area contributed by atoms with E-state index in [2.05, 4.69) is 25.7 Å². The van der Waals surface area contributed by atoms with Crippen molar-refractivity contribution in [1.82, 2.24) is 25.2 Å². The van der Waals surface area contributed by atoms with Crippen molar-refractivity contribution < 1.29 is 13.9 Å². The number of pyridine rings is 1. The standard InChI is InChI=1S/C25H23FN6O2S/c1-3-34-22-12-10-21(11-13-22)32-24(19-5-4-14-27-15-19)30-31-25(32)35-16-23(33)29-28-17(2)18-6-8-20(26)9-7-18/h4-15H,3,16H2,1-2H3,(H,29,33)/b28-17-. The van der Waals surface area contributed by atoms with Crippen LogP contribution < -0.4 is 10.2 Å². The Bertz CT molecular complexity index is 1310. The molecule has 0 aliphatic carbocycles. The van der Waals surface area contributed by atoms with E-state index in [0.29, 0.717) is 23.3 Å². The Hall–Kier alpha value is -4.05. The van der Waals surface area contributed by atoms with E-state index in [1.807, 2.05) is 47.9 Å². The molecule has 0 spiro atoms. The van der Waals surface area contributed by atoms with Gasteiger partial charge in [-0.1, -0.05) is 23.9 Å². The van der Waals surface area contributed by atoms with Crippen LogP contribution in [-0.2, 0) is 4.79 Å². The minimum absolute atomic E-state index is 0.0718. The summed E-state index contributed by atoms with van der Waals surface area (Å²) in [5.41, 5.74) is 5.44. The number of thioether (sulfide) groups is 1. The fourth-order valence-electron chi connectivity index (χ4n) is 3.20. The number of nitrogens with one attached hydrogen (secondary N) is 1. The Kier molecular flexibility index (Phi) is 7.84. The predicted octanol–water partition coefficient (Wildman–Crippen LogP) is 4.50. The molecule has 0 radical (unpaired) electrons. The van der Waals surface area contributed by atoms with Crippen LogP contribution in [0.15, 0.2) is 83.3 Å². The van der Waals surface area contributed by atoms with Gasteiger partial charge in [-0.05, 0) is 67.9 Å². The molecule has 1 N–H and O–H groups in total. The molecule has 35 heavy (non-hydrogen) atoms. The van der Waals surface area contributed by atoms with Crippen LogP contribution in [0.1, 0.15) is 19.4 Å². The van der Waals surface area contributed by atoms with Crippen LogP contribution >= 0.6 is 11.8 Å². The SMILES string of the molecule is CCOc1ccc(-n2c(SCC(=O)N/N=C(/C)c3ccc(F)cc3)nnc2-c2cccnc2)cc1. The van der Waals surface area contributed by atoms with Crippen LogP contribution in [0, 0.1) is 5.82 Å². The minimum Gasteiger partial charge on any atom is -0.494 e. The summed E-state index contributed by atoms with van der Waals surface area (Å²) in [5, 5.41) is 13.3. The topological polar surface area (TPSA) is 94.3 Å². The first-order chi connectivity index (χ1) is 17.0. The number of hydrogen-bond acceptors (Lipinski definition) is 7. The number of aromatic nitrogens is 4. The average Bonchev–Trinajstić information content (AvgIpc) is 3.31. The molecule has 0 aliphatic heterocycles. The summed E-state index contributed by atoms with van der Waals surface area (Å²) < 4.78 is 20.5. The number of carbonyl (C=O) groups excluding carboxylic acids is 1. The van der Waals surface area contributed by atoms with E-state index in [9.17, 15) is 9.18 Å². The van der Waals surface area contributed by atoms with E-state index in [-0.39, 0.29) is 17.5 Å². The highest BCUT2D eigenvalue weighted by Crippen LogP contribution is 2.28. The van der Waals surface area contributed by atoms with Crippen LogP contribution in [0.5, 0.6) is 5.75 Å². The number of ether oxygens (including phenoxy) is 1. The maximum absolute atomic E-state index is 13.1. The second-order valence-electron chi connectivity index (χ2n) is 7.34. The van der Waals surface area contributed by atoms with E-state index in [4.69, 9.17) is 4.74 Å². The molecule has 178 valence electrons. The lowest BCUT2D eigenvalue weighted by atomic mass is 10.1. The van der Waals surface area contributed by atoms with Gasteiger partial charge in [0.15, 0.2) is 11.0 Å². The minimum atomic E-state index is -0.329. The smallest absolute Gasteiger partial charge is 0.250 e. The van der Waals surface area contributed by atoms with Crippen LogP contribution in [0.25, 0.3) is 17.1 Å². The van der Waals surface area contributed by atoms with E-state index in [0.717, 1.165) is 22.6 Å². The summed E-state index contributed by atoms with van der Waals surface area (Å²) in [6.45, 7) is 4.24. The monoisotopic (exact) mass is 490 g/mol. The number of amides is 1. The first kappa shape index (κ1) is 24.1. The molecule has 4 rings (SSSR count). The Morgan fingerprint density at radius 1 is 1.11 bits per heavy atom. The van der Waals surface area contributed by atoms with Gasteiger partial charge >= 0.3 is 0 Å². The van der Waals surface area contributed by atoms with Crippen molar-refractivity contribution in [3.63, 3.8) is 0 Å². The zero-order valence-corrected chi connectivity index (χ0v) is 20.0. The maximum atomic E-state index is 13.1. The Labute approximate surface area is 206 Å². The van der Waals surface area contributed by atoms with Gasteiger partial charge in [0.05, 0.1) is 18.1 Å². The predicted molar refractivity (Wildman–Crippen MR) is 133 cm³/mol. The number of carbonyl (C=O) groups is 1. The molecule has 2 aromatic heterocycles. The molecule has 0 bridgehead atoms. The lowest BCUT2D eigenvalue weighted by molar-refractivity contribution is -0.118. The molecule has 1 amide bonds. The number of rotatable bonds is 9. The molecule has 10 heteroatoms. The van der Waals surface area contributed by atoms with Crippen LogP contribution in [-0.4, -0.2) is 43.7 Å². The zero-order chi connectivity index (χ0) is 24.6. The summed E-state index contributed by atoms with van der Waals surface area (Å²) in [6, 6.07) is 17.2. The van der Waals surface area contributed by atoms with E-state index in [1.54, 1.807) is 31.5 Å². The molecule has 0 saturated heterocycles. The summed E-state index contributed by atoms with van der Waals surface area (Å²) in [5.74, 6) is 0.804. The van der Waals surface area contributed by atoms with Gasteiger partial charge in [0, 0.05) is 23.6 Å². The molecule has 0 unspecified atom stereocenters. The molecule has 8 nitrogen and oxygen atoms in total. The molecule has 0 fully saturated rings. The number of nitrogens with zero attached hydrogens (tertiary/aromatic N) is 5. The van der Waals surface area contributed by atoms with Crippen LogP contribution in [0.3, 0.4) is 0 Å². The second kappa shape index (κ2) is 11.4. The van der Waals surface area contributed by atoms with Gasteiger partial charge in [0.1, 0.15) is 11.6 Å². The Morgan fingerprint density at radius 3 is 2.57 bits per heavy atom. The van der Waals surface area contributed by atoms with Gasteiger partial charge in [-0.15, -0.1) is 10.2 Å². The number of hydrogen-bond donors (Lipinski definition) is 1. The third-order valence-electron chi connectivity index (χ3n) is 4.90. The highest BCUT2D eigenvalue weighted by atomic mass is 32.2. The van der Waals surface area contributed by atoms with Gasteiger partial charge in [-0.25, -0.2) is 9.82 Å². The molecular weight excluding hydrogens is 467 g/mol. The van der Waals surface area contributed by atoms with Crippen molar-refractivity contribution in [3.05, 3.63) is 84.4 Å². The molecule has 0 atom stereocenters. The molecule has 2 aromatic carbocycles. The zero-order valence-electron chi connectivity index (χ0n) is 19.2. The van der Waals surface area contributed by atoms with Gasteiger partial charge < -0.3 is 4.74 Å². The van der Waals surface area contributed by atoms with Crippen molar-refractivity contribution in [2.24, 2.45) is 5.10 Å². The summed E-state index contributed by atoms with van der Waals surface area (Å²) in [7, 11) is 0. The van der Waals surface area contributed by atoms with Gasteiger partial charge in [0.25, 0.3) is 5.91 Å². The summed E-state index contributed by atoms with van der Waals surface area (Å²) in [6.07, 6.45) is 3.40. The van der Waals surface area contributed by atoms with Crippen molar-refractivity contribution >= 4 is 23.4 Å².